The number of carboxylic acid groups (broad SMARTS) is 1. The van der Waals surface area contributed by atoms with Crippen molar-refractivity contribution in [2.45, 2.75) is 37.6 Å². The smallest absolute Gasteiger partial charge is 0.332 e. The van der Waals surface area contributed by atoms with Gasteiger partial charge >= 0.3 is 5.97 Å². The Morgan fingerprint density at radius 2 is 1.91 bits per heavy atom. The molecule has 0 spiro atoms. The molecule has 1 aliphatic carbocycles. The molecule has 1 saturated carbocycles. The van der Waals surface area contributed by atoms with E-state index in [-0.39, 0.29) is 12.5 Å². The van der Waals surface area contributed by atoms with Crippen molar-refractivity contribution in [2.24, 2.45) is 5.41 Å². The van der Waals surface area contributed by atoms with E-state index in [1.165, 1.54) is 7.11 Å². The molecule has 5 nitrogen and oxygen atoms in total. The lowest BCUT2D eigenvalue weighted by molar-refractivity contribution is -0.162. The molecule has 3 rings (SSSR count). The second-order valence-electron chi connectivity index (χ2n) is 6.77. The van der Waals surface area contributed by atoms with E-state index in [1.807, 2.05) is 30.3 Å². The van der Waals surface area contributed by atoms with Crippen LogP contribution < -0.4 is 0 Å². The number of hydrogen-bond acceptors (Lipinski definition) is 3. The summed E-state index contributed by atoms with van der Waals surface area (Å²) >= 11 is 0. The molecule has 1 heterocycles. The zero-order valence-corrected chi connectivity index (χ0v) is 13.5. The van der Waals surface area contributed by atoms with Crippen LogP contribution in [0.4, 0.5) is 0 Å². The Kier molecular flexibility index (Phi) is 4.15. The number of ether oxygens (including phenoxy) is 1. The van der Waals surface area contributed by atoms with Gasteiger partial charge in [0.15, 0.2) is 5.54 Å². The molecule has 1 aromatic carbocycles. The highest BCUT2D eigenvalue weighted by Gasteiger charge is 2.58. The fourth-order valence-electron chi connectivity index (χ4n) is 3.74. The van der Waals surface area contributed by atoms with E-state index in [4.69, 9.17) is 4.74 Å². The predicted octanol–water partition coefficient (Wildman–Crippen LogP) is 2.10. The largest absolute Gasteiger partial charge is 0.479 e. The van der Waals surface area contributed by atoms with Crippen molar-refractivity contribution in [3.8, 4) is 0 Å². The summed E-state index contributed by atoms with van der Waals surface area (Å²) in [7, 11) is 1.49. The Balaban J connectivity index is 1.83. The highest BCUT2D eigenvalue weighted by atomic mass is 16.5. The van der Waals surface area contributed by atoms with Crippen LogP contribution in [0.2, 0.25) is 0 Å². The molecule has 2 aliphatic rings. The van der Waals surface area contributed by atoms with Gasteiger partial charge in [0, 0.05) is 13.7 Å². The summed E-state index contributed by atoms with van der Waals surface area (Å²) in [4.78, 5) is 26.6. The molecule has 1 atom stereocenters. The summed E-state index contributed by atoms with van der Waals surface area (Å²) in [5, 5.41) is 9.72. The maximum atomic E-state index is 13.1. The minimum atomic E-state index is -1.20. The molecule has 0 bridgehead atoms. The van der Waals surface area contributed by atoms with Crippen molar-refractivity contribution in [1.82, 2.24) is 4.90 Å². The Morgan fingerprint density at radius 1 is 1.22 bits per heavy atom. The van der Waals surface area contributed by atoms with Crippen molar-refractivity contribution in [3.05, 3.63) is 35.9 Å². The summed E-state index contributed by atoms with van der Waals surface area (Å²) in [6, 6.07) is 9.95. The maximum Gasteiger partial charge on any atom is 0.332 e. The SMILES string of the molecule is COCC1(C(=O)O)CCCN1C(=O)C1(Cc2ccccc2)CC1. The number of nitrogens with zero attached hydrogens (tertiary/aromatic N) is 1. The molecule has 1 N–H and O–H groups in total. The van der Waals surface area contributed by atoms with Crippen molar-refractivity contribution < 1.29 is 19.4 Å². The van der Waals surface area contributed by atoms with E-state index in [0.29, 0.717) is 25.8 Å². The Morgan fingerprint density at radius 3 is 2.48 bits per heavy atom. The predicted molar refractivity (Wildman–Crippen MR) is 85.0 cm³/mol. The van der Waals surface area contributed by atoms with Crippen LogP contribution in [0.25, 0.3) is 0 Å². The molecule has 1 aliphatic heterocycles. The number of hydrogen-bond donors (Lipinski definition) is 1. The minimum absolute atomic E-state index is 0.0155. The normalized spacial score (nSPS) is 25.3. The summed E-state index contributed by atoms with van der Waals surface area (Å²) in [5.41, 5.74) is -0.483. The second-order valence-corrected chi connectivity index (χ2v) is 6.77. The summed E-state index contributed by atoms with van der Waals surface area (Å²) < 4.78 is 5.15. The monoisotopic (exact) mass is 317 g/mol. The van der Waals surface area contributed by atoms with Crippen molar-refractivity contribution in [2.75, 3.05) is 20.3 Å². The first-order valence-corrected chi connectivity index (χ1v) is 8.12. The minimum Gasteiger partial charge on any atom is -0.479 e. The molecule has 0 aromatic heterocycles. The second kappa shape index (κ2) is 5.96. The van der Waals surface area contributed by atoms with Crippen LogP contribution in [0.15, 0.2) is 30.3 Å². The average molecular weight is 317 g/mol. The maximum absolute atomic E-state index is 13.1. The van der Waals surface area contributed by atoms with Gasteiger partial charge in [-0.15, -0.1) is 0 Å². The first-order valence-electron chi connectivity index (χ1n) is 8.12. The number of benzene rings is 1. The zero-order chi connectivity index (χ0) is 16.5. The lowest BCUT2D eigenvalue weighted by Gasteiger charge is -2.36. The molecule has 2 fully saturated rings. The van der Waals surface area contributed by atoms with Gasteiger partial charge in [-0.05, 0) is 37.7 Å². The topological polar surface area (TPSA) is 66.8 Å². The van der Waals surface area contributed by atoms with E-state index < -0.39 is 16.9 Å². The van der Waals surface area contributed by atoms with E-state index in [1.54, 1.807) is 4.90 Å². The van der Waals surface area contributed by atoms with Gasteiger partial charge in [-0.2, -0.15) is 0 Å². The van der Waals surface area contributed by atoms with Crippen molar-refractivity contribution in [1.29, 1.82) is 0 Å². The molecule has 1 amide bonds. The van der Waals surface area contributed by atoms with E-state index in [9.17, 15) is 14.7 Å². The van der Waals surface area contributed by atoms with Crippen LogP contribution in [0.3, 0.4) is 0 Å². The Hall–Kier alpha value is -1.88. The number of carbonyl (C=O) groups is 2. The van der Waals surface area contributed by atoms with Gasteiger partial charge in [0.1, 0.15) is 0 Å². The molecule has 1 aromatic rings. The molecule has 1 unspecified atom stereocenters. The lowest BCUT2D eigenvalue weighted by atomic mass is 9.91. The number of carboxylic acids is 1. The number of aliphatic carboxylic acids is 1. The fourth-order valence-corrected chi connectivity index (χ4v) is 3.74. The number of methoxy groups -OCH3 is 1. The van der Waals surface area contributed by atoms with Crippen LogP contribution in [0.5, 0.6) is 0 Å². The third-order valence-electron chi connectivity index (χ3n) is 5.21. The van der Waals surface area contributed by atoms with E-state index in [0.717, 1.165) is 18.4 Å². The molecular weight excluding hydrogens is 294 g/mol. The van der Waals surface area contributed by atoms with Crippen LogP contribution in [-0.2, 0) is 20.7 Å². The first kappa shape index (κ1) is 16.0. The zero-order valence-electron chi connectivity index (χ0n) is 13.5. The van der Waals surface area contributed by atoms with Crippen molar-refractivity contribution >= 4 is 11.9 Å². The highest BCUT2D eigenvalue weighted by Crippen LogP contribution is 2.51. The van der Waals surface area contributed by atoms with Crippen LogP contribution in [-0.4, -0.2) is 47.7 Å². The summed E-state index contributed by atoms with van der Waals surface area (Å²) in [5.74, 6) is -0.973. The quantitative estimate of drug-likeness (QED) is 0.872. The average Bonchev–Trinajstić information content (AvgIpc) is 3.19. The molecule has 0 radical (unpaired) electrons. The summed E-state index contributed by atoms with van der Waals surface area (Å²) in [6.45, 7) is 0.556. The van der Waals surface area contributed by atoms with Crippen LogP contribution in [0.1, 0.15) is 31.2 Å². The Bertz CT molecular complexity index is 596. The van der Waals surface area contributed by atoms with Gasteiger partial charge in [0.05, 0.1) is 12.0 Å². The van der Waals surface area contributed by atoms with Gasteiger partial charge in [-0.25, -0.2) is 4.79 Å². The molecular formula is C18H23NO4. The van der Waals surface area contributed by atoms with E-state index in [2.05, 4.69) is 0 Å². The number of amides is 1. The molecule has 1 saturated heterocycles. The van der Waals surface area contributed by atoms with Gasteiger partial charge in [0.25, 0.3) is 0 Å². The molecule has 124 valence electrons. The number of carbonyl (C=O) groups excluding carboxylic acids is 1. The fraction of sp³-hybridized carbons (Fsp3) is 0.556. The lowest BCUT2D eigenvalue weighted by Crippen LogP contribution is -2.58. The Labute approximate surface area is 136 Å². The van der Waals surface area contributed by atoms with Gasteiger partial charge in [-0.3, -0.25) is 4.79 Å². The number of likely N-dealkylation sites (tertiary alicyclic amines) is 1. The van der Waals surface area contributed by atoms with Gasteiger partial charge in [-0.1, -0.05) is 30.3 Å². The van der Waals surface area contributed by atoms with Crippen LogP contribution >= 0.6 is 0 Å². The molecule has 5 heteroatoms. The summed E-state index contributed by atoms with van der Waals surface area (Å²) in [6.07, 6.45) is 3.53. The highest BCUT2D eigenvalue weighted by molar-refractivity contribution is 5.92. The van der Waals surface area contributed by atoms with Gasteiger partial charge in [0.2, 0.25) is 5.91 Å². The first-order chi connectivity index (χ1) is 11.0. The van der Waals surface area contributed by atoms with Gasteiger partial charge < -0.3 is 14.7 Å². The van der Waals surface area contributed by atoms with Crippen molar-refractivity contribution in [3.63, 3.8) is 0 Å². The molecule has 23 heavy (non-hydrogen) atoms. The van der Waals surface area contributed by atoms with E-state index >= 15 is 0 Å². The third-order valence-corrected chi connectivity index (χ3v) is 5.21. The standard InChI is InChI=1S/C18H23NO4/c1-23-13-18(16(21)22)8-5-11-19(18)15(20)17(9-10-17)12-14-6-3-2-4-7-14/h2-4,6-7H,5,8-13H2,1H3,(H,21,22). The van der Waals surface area contributed by atoms with Crippen LogP contribution in [0, 0.1) is 5.41 Å². The number of rotatable bonds is 6. The third kappa shape index (κ3) is 2.74.